The summed E-state index contributed by atoms with van der Waals surface area (Å²) in [4.78, 5) is 11.8. The molecule has 0 saturated heterocycles. The fourth-order valence-electron chi connectivity index (χ4n) is 1.78. The highest BCUT2D eigenvalue weighted by molar-refractivity contribution is 7.86. The van der Waals surface area contributed by atoms with Gasteiger partial charge in [0, 0.05) is 11.1 Å². The number of ether oxygens (including phenoxy) is 1. The van der Waals surface area contributed by atoms with Crippen LogP contribution in [0.5, 0.6) is 5.75 Å². The minimum absolute atomic E-state index is 0.0166. The zero-order chi connectivity index (χ0) is 14.8. The molecule has 0 aliphatic rings. The van der Waals surface area contributed by atoms with Crippen LogP contribution in [-0.4, -0.2) is 25.9 Å². The zero-order valence-corrected chi connectivity index (χ0v) is 11.4. The first-order valence-corrected chi connectivity index (χ1v) is 7.13. The lowest BCUT2D eigenvalue weighted by Crippen LogP contribution is -2.06. The van der Waals surface area contributed by atoms with Crippen LogP contribution >= 0.6 is 0 Å². The number of ketones is 1. The van der Waals surface area contributed by atoms with E-state index < -0.39 is 15.0 Å². The average molecular weight is 292 g/mol. The molecule has 0 amide bonds. The van der Waals surface area contributed by atoms with Crippen LogP contribution in [0.2, 0.25) is 0 Å². The van der Waals surface area contributed by atoms with E-state index in [1.165, 1.54) is 19.2 Å². The second-order valence-corrected chi connectivity index (χ2v) is 5.43. The van der Waals surface area contributed by atoms with Crippen molar-refractivity contribution in [3.8, 4) is 5.75 Å². The standard InChI is InChI=1S/C14H12O5S/c1-19-12-8-7-11(9-13(12)20(16,17)18)14(15)10-5-3-2-4-6-10/h2-9H,1H3,(H,16,17,18). The fraction of sp³-hybridized carbons (Fsp3) is 0.0714. The first-order valence-electron chi connectivity index (χ1n) is 5.69. The molecule has 5 nitrogen and oxygen atoms in total. The van der Waals surface area contributed by atoms with E-state index in [1.807, 2.05) is 0 Å². The van der Waals surface area contributed by atoms with Crippen LogP contribution in [0.3, 0.4) is 0 Å². The highest BCUT2D eigenvalue weighted by atomic mass is 32.2. The van der Waals surface area contributed by atoms with E-state index in [-0.39, 0.29) is 17.1 Å². The van der Waals surface area contributed by atoms with Gasteiger partial charge in [-0.05, 0) is 18.2 Å². The Morgan fingerprint density at radius 3 is 2.25 bits per heavy atom. The Kier molecular flexibility index (Phi) is 3.87. The molecule has 0 radical (unpaired) electrons. The van der Waals surface area contributed by atoms with Crippen molar-refractivity contribution in [2.24, 2.45) is 0 Å². The summed E-state index contributed by atoms with van der Waals surface area (Å²) in [5.74, 6) is -0.352. The van der Waals surface area contributed by atoms with Gasteiger partial charge in [0.1, 0.15) is 10.6 Å². The van der Waals surface area contributed by atoms with E-state index in [0.717, 1.165) is 6.07 Å². The Bertz CT molecular complexity index is 735. The second-order valence-electron chi connectivity index (χ2n) is 4.04. The van der Waals surface area contributed by atoms with E-state index in [1.54, 1.807) is 30.3 Å². The third-order valence-electron chi connectivity index (χ3n) is 2.74. The summed E-state index contributed by atoms with van der Waals surface area (Å²) >= 11 is 0. The summed E-state index contributed by atoms with van der Waals surface area (Å²) in [6.07, 6.45) is 0. The van der Waals surface area contributed by atoms with Crippen LogP contribution < -0.4 is 4.74 Å². The first kappa shape index (κ1) is 14.2. The van der Waals surface area contributed by atoms with Gasteiger partial charge in [-0.15, -0.1) is 0 Å². The van der Waals surface area contributed by atoms with E-state index in [4.69, 9.17) is 9.29 Å². The van der Waals surface area contributed by atoms with Crippen LogP contribution in [0, 0.1) is 0 Å². The number of methoxy groups -OCH3 is 1. The molecular formula is C14H12O5S. The van der Waals surface area contributed by atoms with Gasteiger partial charge < -0.3 is 4.74 Å². The molecule has 1 N–H and O–H groups in total. The highest BCUT2D eigenvalue weighted by Gasteiger charge is 2.19. The van der Waals surface area contributed by atoms with Gasteiger partial charge in [-0.2, -0.15) is 8.42 Å². The van der Waals surface area contributed by atoms with Gasteiger partial charge in [-0.1, -0.05) is 30.3 Å². The normalized spacial score (nSPS) is 11.1. The summed E-state index contributed by atoms with van der Waals surface area (Å²) in [5, 5.41) is 0. The zero-order valence-electron chi connectivity index (χ0n) is 10.6. The molecule has 2 aromatic rings. The smallest absolute Gasteiger partial charge is 0.298 e. The van der Waals surface area contributed by atoms with Crippen LogP contribution in [-0.2, 0) is 10.1 Å². The monoisotopic (exact) mass is 292 g/mol. The molecule has 0 spiro atoms. The molecule has 104 valence electrons. The summed E-state index contributed by atoms with van der Waals surface area (Å²) in [6, 6.07) is 12.3. The number of carbonyl (C=O) groups excluding carboxylic acids is 1. The fourth-order valence-corrected chi connectivity index (χ4v) is 2.46. The van der Waals surface area contributed by atoms with Crippen molar-refractivity contribution in [1.29, 1.82) is 0 Å². The molecular weight excluding hydrogens is 280 g/mol. The van der Waals surface area contributed by atoms with Crippen molar-refractivity contribution in [3.05, 3.63) is 59.7 Å². The van der Waals surface area contributed by atoms with E-state index >= 15 is 0 Å². The Balaban J connectivity index is 2.52. The van der Waals surface area contributed by atoms with E-state index in [9.17, 15) is 13.2 Å². The first-order chi connectivity index (χ1) is 9.43. The van der Waals surface area contributed by atoms with Crippen LogP contribution in [0.25, 0.3) is 0 Å². The van der Waals surface area contributed by atoms with Gasteiger partial charge in [0.15, 0.2) is 5.78 Å². The predicted octanol–water partition coefficient (Wildman–Crippen LogP) is 2.17. The van der Waals surface area contributed by atoms with Gasteiger partial charge in [0.05, 0.1) is 7.11 Å². The molecule has 0 saturated carbocycles. The molecule has 0 fully saturated rings. The second kappa shape index (κ2) is 5.44. The summed E-state index contributed by atoms with van der Waals surface area (Å²) in [6.45, 7) is 0. The Labute approximate surface area is 116 Å². The summed E-state index contributed by atoms with van der Waals surface area (Å²) in [5.41, 5.74) is 0.587. The highest BCUT2D eigenvalue weighted by Crippen LogP contribution is 2.25. The number of hydrogen-bond donors (Lipinski definition) is 1. The Hall–Kier alpha value is -2.18. The maximum Gasteiger partial charge on any atom is 0.298 e. The van der Waals surface area contributed by atoms with E-state index in [0.29, 0.717) is 5.56 Å². The topological polar surface area (TPSA) is 80.7 Å². The molecule has 2 aromatic carbocycles. The molecule has 20 heavy (non-hydrogen) atoms. The van der Waals surface area contributed by atoms with Crippen LogP contribution in [0.15, 0.2) is 53.4 Å². The summed E-state index contributed by atoms with van der Waals surface area (Å²) in [7, 11) is -3.18. The number of carbonyl (C=O) groups is 1. The average Bonchev–Trinajstić information content (AvgIpc) is 2.46. The largest absolute Gasteiger partial charge is 0.495 e. The summed E-state index contributed by atoms with van der Waals surface area (Å²) < 4.78 is 36.6. The van der Waals surface area contributed by atoms with Crippen LogP contribution in [0.1, 0.15) is 15.9 Å². The molecule has 0 atom stereocenters. The number of benzene rings is 2. The molecule has 0 aliphatic heterocycles. The lowest BCUT2D eigenvalue weighted by Gasteiger charge is -2.08. The molecule has 0 heterocycles. The van der Waals surface area contributed by atoms with Gasteiger partial charge in [-0.25, -0.2) is 0 Å². The molecule has 6 heteroatoms. The molecule has 2 rings (SSSR count). The number of rotatable bonds is 4. The van der Waals surface area contributed by atoms with Crippen LogP contribution in [0.4, 0.5) is 0 Å². The maximum atomic E-state index is 12.2. The predicted molar refractivity (Wildman–Crippen MR) is 72.7 cm³/mol. The van der Waals surface area contributed by atoms with Gasteiger partial charge in [0.25, 0.3) is 10.1 Å². The van der Waals surface area contributed by atoms with Crippen molar-refractivity contribution in [2.75, 3.05) is 7.11 Å². The molecule has 0 aliphatic carbocycles. The SMILES string of the molecule is COc1ccc(C(=O)c2ccccc2)cc1S(=O)(=O)O. The van der Waals surface area contributed by atoms with Gasteiger partial charge >= 0.3 is 0 Å². The van der Waals surface area contributed by atoms with Crippen molar-refractivity contribution in [3.63, 3.8) is 0 Å². The quantitative estimate of drug-likeness (QED) is 0.690. The van der Waals surface area contributed by atoms with Crippen molar-refractivity contribution < 1.29 is 22.5 Å². The molecule has 0 bridgehead atoms. The third-order valence-corrected chi connectivity index (χ3v) is 3.61. The van der Waals surface area contributed by atoms with Crippen molar-refractivity contribution >= 4 is 15.9 Å². The van der Waals surface area contributed by atoms with Crippen molar-refractivity contribution in [1.82, 2.24) is 0 Å². The van der Waals surface area contributed by atoms with Gasteiger partial charge in [0.2, 0.25) is 0 Å². The Morgan fingerprint density at radius 1 is 1.05 bits per heavy atom. The van der Waals surface area contributed by atoms with Crippen molar-refractivity contribution in [2.45, 2.75) is 4.90 Å². The lowest BCUT2D eigenvalue weighted by atomic mass is 10.0. The molecule has 0 unspecified atom stereocenters. The third kappa shape index (κ3) is 2.87. The lowest BCUT2D eigenvalue weighted by molar-refractivity contribution is 0.103. The number of hydrogen-bond acceptors (Lipinski definition) is 4. The molecule has 0 aromatic heterocycles. The van der Waals surface area contributed by atoms with E-state index in [2.05, 4.69) is 0 Å². The minimum Gasteiger partial charge on any atom is -0.495 e. The maximum absolute atomic E-state index is 12.2. The minimum atomic E-state index is -4.46. The van der Waals surface area contributed by atoms with Gasteiger partial charge in [-0.3, -0.25) is 9.35 Å². The Morgan fingerprint density at radius 2 is 1.70 bits per heavy atom.